The Morgan fingerprint density at radius 1 is 1.03 bits per heavy atom. The van der Waals surface area contributed by atoms with Gasteiger partial charge in [0.2, 0.25) is 5.78 Å². The van der Waals surface area contributed by atoms with Gasteiger partial charge < -0.3 is 9.47 Å². The number of benzene rings is 3. The normalized spacial score (nSPS) is 16.7. The third-order valence-electron chi connectivity index (χ3n) is 5.17. The molecule has 2 heterocycles. The molecule has 0 N–H and O–H groups in total. The minimum atomic E-state index is -0.260. The fourth-order valence-electron chi connectivity index (χ4n) is 3.66. The highest BCUT2D eigenvalue weighted by Crippen LogP contribution is 2.42. The minimum Gasteiger partial charge on any atom is -0.478 e. The predicted molar refractivity (Wildman–Crippen MR) is 112 cm³/mol. The van der Waals surface area contributed by atoms with Crippen LogP contribution >= 0.6 is 11.6 Å². The van der Waals surface area contributed by atoms with Gasteiger partial charge in [-0.05, 0) is 53.6 Å². The lowest BCUT2D eigenvalue weighted by molar-refractivity contribution is 0.0872. The topological polar surface area (TPSA) is 38.8 Å². The first-order chi connectivity index (χ1) is 14.6. The largest absolute Gasteiger partial charge is 0.478 e. The van der Waals surface area contributed by atoms with Gasteiger partial charge in [0, 0.05) is 18.1 Å². The molecule has 2 aliphatic heterocycles. The number of rotatable bonds is 3. The molecule has 30 heavy (non-hydrogen) atoms. The van der Waals surface area contributed by atoms with E-state index < -0.39 is 0 Å². The number of allylic oxidation sites excluding steroid dienone is 1. The number of Topliss-reactive ketones (excluding diaryl/α,β-unsaturated/α-hetero) is 1. The van der Waals surface area contributed by atoms with E-state index in [0.717, 1.165) is 16.7 Å². The van der Waals surface area contributed by atoms with Crippen LogP contribution in [0.1, 0.15) is 27.0 Å². The fourth-order valence-corrected chi connectivity index (χ4v) is 3.79. The standard InChI is InChI=1S/C24H17ClFNO3/c25-17-5-1-15(2-6-17)11-22-23(28)19-9-10-21-20(24(19)30-22)13-27(14-29-21)12-16-3-7-18(26)8-4-16/h1-11H,12-14H2/b22-11-. The first-order valence-corrected chi connectivity index (χ1v) is 9.90. The average Bonchev–Trinajstić information content (AvgIpc) is 3.07. The van der Waals surface area contributed by atoms with Crippen LogP contribution in [0.2, 0.25) is 5.02 Å². The second kappa shape index (κ2) is 7.59. The van der Waals surface area contributed by atoms with Crippen LogP contribution in [0.4, 0.5) is 4.39 Å². The molecular weight excluding hydrogens is 405 g/mol. The van der Waals surface area contributed by atoms with E-state index in [1.165, 1.54) is 12.1 Å². The van der Waals surface area contributed by atoms with Crippen molar-refractivity contribution in [1.82, 2.24) is 4.90 Å². The molecule has 0 amide bonds. The number of carbonyl (C=O) groups excluding carboxylic acids is 1. The first kappa shape index (κ1) is 18.9. The average molecular weight is 422 g/mol. The zero-order valence-corrected chi connectivity index (χ0v) is 16.7. The van der Waals surface area contributed by atoms with E-state index in [-0.39, 0.29) is 17.4 Å². The monoisotopic (exact) mass is 421 g/mol. The summed E-state index contributed by atoms with van der Waals surface area (Å²) in [4.78, 5) is 14.9. The molecule has 0 aliphatic carbocycles. The Hall–Kier alpha value is -3.15. The van der Waals surface area contributed by atoms with Crippen LogP contribution in [0, 0.1) is 5.82 Å². The van der Waals surface area contributed by atoms with Gasteiger partial charge in [0.1, 0.15) is 24.0 Å². The maximum Gasteiger partial charge on any atom is 0.231 e. The molecule has 2 aliphatic rings. The molecule has 0 aromatic heterocycles. The van der Waals surface area contributed by atoms with Crippen molar-refractivity contribution in [2.45, 2.75) is 13.1 Å². The predicted octanol–water partition coefficient (Wildman–Crippen LogP) is 5.45. The van der Waals surface area contributed by atoms with Gasteiger partial charge in [0.25, 0.3) is 0 Å². The Labute approximate surface area is 178 Å². The maximum absolute atomic E-state index is 13.2. The van der Waals surface area contributed by atoms with Crippen LogP contribution in [-0.4, -0.2) is 17.4 Å². The molecule has 0 spiro atoms. The van der Waals surface area contributed by atoms with Crippen molar-refractivity contribution < 1.29 is 18.7 Å². The Morgan fingerprint density at radius 2 is 1.80 bits per heavy atom. The fraction of sp³-hybridized carbons (Fsp3) is 0.125. The van der Waals surface area contributed by atoms with Crippen molar-refractivity contribution >= 4 is 23.5 Å². The number of nitrogens with zero attached hydrogens (tertiary/aromatic N) is 1. The van der Waals surface area contributed by atoms with E-state index in [1.807, 2.05) is 18.2 Å². The van der Waals surface area contributed by atoms with Gasteiger partial charge in [-0.2, -0.15) is 0 Å². The smallest absolute Gasteiger partial charge is 0.231 e. The summed E-state index contributed by atoms with van der Waals surface area (Å²) in [5, 5.41) is 0.631. The van der Waals surface area contributed by atoms with Gasteiger partial charge in [0.05, 0.1) is 11.1 Å². The highest BCUT2D eigenvalue weighted by atomic mass is 35.5. The molecule has 0 saturated heterocycles. The Morgan fingerprint density at radius 3 is 2.57 bits per heavy atom. The third-order valence-corrected chi connectivity index (χ3v) is 5.42. The number of hydrogen-bond donors (Lipinski definition) is 0. The number of ether oxygens (including phenoxy) is 2. The zero-order valence-electron chi connectivity index (χ0n) is 15.9. The quantitative estimate of drug-likeness (QED) is 0.527. The van der Waals surface area contributed by atoms with Gasteiger partial charge in [-0.15, -0.1) is 0 Å². The van der Waals surface area contributed by atoms with Crippen molar-refractivity contribution in [3.05, 3.63) is 99.5 Å². The molecule has 4 nitrogen and oxygen atoms in total. The van der Waals surface area contributed by atoms with Crippen LogP contribution in [0.3, 0.4) is 0 Å². The molecule has 3 aromatic carbocycles. The van der Waals surface area contributed by atoms with Crippen LogP contribution < -0.4 is 9.47 Å². The number of ketones is 1. The molecule has 150 valence electrons. The van der Waals surface area contributed by atoms with Crippen LogP contribution in [0.15, 0.2) is 66.4 Å². The van der Waals surface area contributed by atoms with Crippen LogP contribution in [0.25, 0.3) is 6.08 Å². The maximum atomic E-state index is 13.2. The number of carbonyl (C=O) groups is 1. The van der Waals surface area contributed by atoms with Gasteiger partial charge >= 0.3 is 0 Å². The second-order valence-electron chi connectivity index (χ2n) is 7.30. The number of hydrogen-bond acceptors (Lipinski definition) is 4. The lowest BCUT2D eigenvalue weighted by Gasteiger charge is -2.29. The molecule has 0 radical (unpaired) electrons. The van der Waals surface area contributed by atoms with Crippen LogP contribution in [-0.2, 0) is 13.1 Å². The summed E-state index contributed by atoms with van der Waals surface area (Å²) in [6.45, 7) is 1.58. The minimum absolute atomic E-state index is 0.154. The molecule has 6 heteroatoms. The van der Waals surface area contributed by atoms with Crippen LogP contribution in [0.5, 0.6) is 11.5 Å². The number of fused-ring (bicyclic) bond motifs is 3. The van der Waals surface area contributed by atoms with E-state index in [9.17, 15) is 9.18 Å². The Balaban J connectivity index is 1.41. The molecule has 0 fully saturated rings. The molecule has 3 aromatic rings. The molecule has 0 saturated carbocycles. The summed E-state index contributed by atoms with van der Waals surface area (Å²) < 4.78 is 25.0. The zero-order chi connectivity index (χ0) is 20.7. The summed E-state index contributed by atoms with van der Waals surface area (Å²) in [6.07, 6.45) is 1.71. The molecule has 0 unspecified atom stereocenters. The Kier molecular flexibility index (Phi) is 4.77. The Bertz CT molecular complexity index is 1160. The van der Waals surface area contributed by atoms with E-state index >= 15 is 0 Å². The summed E-state index contributed by atoms with van der Waals surface area (Å²) in [5.74, 6) is 1.12. The first-order valence-electron chi connectivity index (χ1n) is 9.52. The summed E-state index contributed by atoms with van der Waals surface area (Å²) in [6, 6.07) is 17.2. The van der Waals surface area contributed by atoms with E-state index in [0.29, 0.717) is 41.9 Å². The second-order valence-corrected chi connectivity index (χ2v) is 7.73. The molecule has 0 bridgehead atoms. The van der Waals surface area contributed by atoms with Crippen molar-refractivity contribution in [3.63, 3.8) is 0 Å². The lowest BCUT2D eigenvalue weighted by Crippen LogP contribution is -2.31. The van der Waals surface area contributed by atoms with Gasteiger partial charge in [0.15, 0.2) is 5.76 Å². The van der Waals surface area contributed by atoms with Gasteiger partial charge in [-0.25, -0.2) is 4.39 Å². The van der Waals surface area contributed by atoms with Crippen molar-refractivity contribution in [2.24, 2.45) is 0 Å². The highest BCUT2D eigenvalue weighted by molar-refractivity contribution is 6.30. The van der Waals surface area contributed by atoms with E-state index in [2.05, 4.69) is 4.90 Å². The molecular formula is C24H17ClFNO3. The van der Waals surface area contributed by atoms with Crippen molar-refractivity contribution in [2.75, 3.05) is 6.73 Å². The van der Waals surface area contributed by atoms with E-state index in [4.69, 9.17) is 21.1 Å². The van der Waals surface area contributed by atoms with Gasteiger partial charge in [-0.3, -0.25) is 9.69 Å². The molecule has 0 atom stereocenters. The summed E-state index contributed by atoms with van der Waals surface area (Å²) >= 11 is 5.93. The van der Waals surface area contributed by atoms with Gasteiger partial charge in [-0.1, -0.05) is 35.9 Å². The SMILES string of the molecule is O=C1/C(=C/c2ccc(Cl)cc2)Oc2c1ccc1c2CN(Cc2ccc(F)cc2)CO1. The summed E-state index contributed by atoms with van der Waals surface area (Å²) in [5.41, 5.74) is 3.19. The number of halogens is 2. The summed E-state index contributed by atoms with van der Waals surface area (Å²) in [7, 11) is 0. The van der Waals surface area contributed by atoms with Crippen molar-refractivity contribution in [1.29, 1.82) is 0 Å². The third kappa shape index (κ3) is 3.58. The highest BCUT2D eigenvalue weighted by Gasteiger charge is 2.33. The van der Waals surface area contributed by atoms with E-state index in [1.54, 1.807) is 36.4 Å². The molecule has 5 rings (SSSR count). The van der Waals surface area contributed by atoms with Crippen molar-refractivity contribution in [3.8, 4) is 11.5 Å². The lowest BCUT2D eigenvalue weighted by atomic mass is 10.0.